The predicted molar refractivity (Wildman–Crippen MR) is 79.0 cm³/mol. The molecule has 1 saturated heterocycles. The van der Waals surface area contributed by atoms with Gasteiger partial charge in [-0.2, -0.15) is 0 Å². The lowest BCUT2D eigenvalue weighted by Crippen LogP contribution is -2.42. The van der Waals surface area contributed by atoms with Crippen molar-refractivity contribution >= 4 is 0 Å². The third-order valence-electron chi connectivity index (χ3n) is 4.95. The van der Waals surface area contributed by atoms with E-state index in [-0.39, 0.29) is 0 Å². The number of hydrogen-bond acceptors (Lipinski definition) is 2. The van der Waals surface area contributed by atoms with Gasteiger partial charge in [0, 0.05) is 18.1 Å². The molecule has 2 aliphatic rings. The SMILES string of the molecule is CCCNC1CCC(N2CCCCCC2CC)C1. The Labute approximate surface area is 114 Å². The van der Waals surface area contributed by atoms with E-state index in [1.165, 1.54) is 70.9 Å². The maximum atomic E-state index is 3.72. The van der Waals surface area contributed by atoms with Gasteiger partial charge in [-0.3, -0.25) is 4.90 Å². The van der Waals surface area contributed by atoms with Crippen LogP contribution < -0.4 is 5.32 Å². The largest absolute Gasteiger partial charge is 0.314 e. The number of likely N-dealkylation sites (tertiary alicyclic amines) is 1. The fourth-order valence-corrected chi connectivity index (χ4v) is 3.91. The normalized spacial score (nSPS) is 34.7. The summed E-state index contributed by atoms with van der Waals surface area (Å²) in [4.78, 5) is 2.88. The maximum Gasteiger partial charge on any atom is 0.0114 e. The van der Waals surface area contributed by atoms with Crippen molar-refractivity contribution in [1.29, 1.82) is 0 Å². The van der Waals surface area contributed by atoms with Gasteiger partial charge in [0.05, 0.1) is 0 Å². The van der Waals surface area contributed by atoms with Crippen molar-refractivity contribution in [1.82, 2.24) is 10.2 Å². The van der Waals surface area contributed by atoms with Gasteiger partial charge in [-0.05, 0) is 58.0 Å². The average molecular weight is 252 g/mol. The van der Waals surface area contributed by atoms with E-state index >= 15 is 0 Å². The minimum atomic E-state index is 0.802. The Morgan fingerprint density at radius 2 is 1.94 bits per heavy atom. The molecule has 0 aromatic heterocycles. The molecular formula is C16H32N2. The van der Waals surface area contributed by atoms with E-state index in [0.29, 0.717) is 0 Å². The number of rotatable bonds is 5. The molecule has 0 bridgehead atoms. The van der Waals surface area contributed by atoms with Crippen LogP contribution in [0.25, 0.3) is 0 Å². The van der Waals surface area contributed by atoms with E-state index in [1.54, 1.807) is 0 Å². The molecule has 2 heteroatoms. The minimum absolute atomic E-state index is 0.802. The van der Waals surface area contributed by atoms with Gasteiger partial charge in [-0.1, -0.05) is 26.7 Å². The molecule has 2 rings (SSSR count). The molecule has 0 radical (unpaired) electrons. The fourth-order valence-electron chi connectivity index (χ4n) is 3.91. The zero-order valence-corrected chi connectivity index (χ0v) is 12.5. The highest BCUT2D eigenvalue weighted by atomic mass is 15.2. The van der Waals surface area contributed by atoms with Gasteiger partial charge in [0.1, 0.15) is 0 Å². The smallest absolute Gasteiger partial charge is 0.0114 e. The molecule has 1 saturated carbocycles. The molecule has 3 unspecified atom stereocenters. The molecular weight excluding hydrogens is 220 g/mol. The summed E-state index contributed by atoms with van der Waals surface area (Å²) in [6, 6.07) is 2.56. The van der Waals surface area contributed by atoms with Crippen LogP contribution in [-0.2, 0) is 0 Å². The minimum Gasteiger partial charge on any atom is -0.314 e. The van der Waals surface area contributed by atoms with Crippen molar-refractivity contribution in [3.63, 3.8) is 0 Å². The summed E-state index contributed by atoms with van der Waals surface area (Å²) in [5, 5.41) is 3.72. The third-order valence-corrected chi connectivity index (χ3v) is 4.95. The van der Waals surface area contributed by atoms with E-state index in [0.717, 1.165) is 18.1 Å². The van der Waals surface area contributed by atoms with Crippen LogP contribution >= 0.6 is 0 Å². The Morgan fingerprint density at radius 1 is 1.06 bits per heavy atom. The summed E-state index contributed by atoms with van der Waals surface area (Å²) in [5.41, 5.74) is 0. The Bertz CT molecular complexity index is 229. The van der Waals surface area contributed by atoms with Crippen LogP contribution in [0.3, 0.4) is 0 Å². The van der Waals surface area contributed by atoms with E-state index in [2.05, 4.69) is 24.1 Å². The Morgan fingerprint density at radius 3 is 2.72 bits per heavy atom. The number of hydrogen-bond donors (Lipinski definition) is 1. The lowest BCUT2D eigenvalue weighted by Gasteiger charge is -2.35. The van der Waals surface area contributed by atoms with Gasteiger partial charge in [0.2, 0.25) is 0 Å². The van der Waals surface area contributed by atoms with Crippen LogP contribution in [0.1, 0.15) is 71.6 Å². The predicted octanol–water partition coefficient (Wildman–Crippen LogP) is 3.56. The first-order valence-electron chi connectivity index (χ1n) is 8.34. The van der Waals surface area contributed by atoms with Crippen molar-refractivity contribution in [3.8, 4) is 0 Å². The first-order chi connectivity index (χ1) is 8.85. The lowest BCUT2D eigenvalue weighted by atomic mass is 10.0. The van der Waals surface area contributed by atoms with E-state index in [9.17, 15) is 0 Å². The van der Waals surface area contributed by atoms with Gasteiger partial charge in [-0.15, -0.1) is 0 Å². The van der Waals surface area contributed by atoms with Crippen molar-refractivity contribution in [2.75, 3.05) is 13.1 Å². The molecule has 1 aliphatic carbocycles. The molecule has 1 N–H and O–H groups in total. The first kappa shape index (κ1) is 14.3. The summed E-state index contributed by atoms with van der Waals surface area (Å²) in [6.45, 7) is 7.21. The Kier molecular flexibility index (Phi) is 5.97. The highest BCUT2D eigenvalue weighted by Crippen LogP contribution is 2.30. The van der Waals surface area contributed by atoms with Crippen LogP contribution in [0.15, 0.2) is 0 Å². The molecule has 106 valence electrons. The molecule has 18 heavy (non-hydrogen) atoms. The van der Waals surface area contributed by atoms with E-state index in [4.69, 9.17) is 0 Å². The zero-order valence-electron chi connectivity index (χ0n) is 12.5. The molecule has 3 atom stereocenters. The number of nitrogens with one attached hydrogen (secondary N) is 1. The van der Waals surface area contributed by atoms with Crippen LogP contribution in [0.4, 0.5) is 0 Å². The standard InChI is InChI=1S/C16H32N2/c1-3-11-17-14-9-10-16(13-14)18-12-7-5-6-8-15(18)4-2/h14-17H,3-13H2,1-2H3. The van der Waals surface area contributed by atoms with Gasteiger partial charge in [0.25, 0.3) is 0 Å². The second-order valence-electron chi connectivity index (χ2n) is 6.27. The van der Waals surface area contributed by atoms with Crippen molar-refractivity contribution in [3.05, 3.63) is 0 Å². The highest BCUT2D eigenvalue weighted by molar-refractivity contribution is 4.90. The lowest BCUT2D eigenvalue weighted by molar-refractivity contribution is 0.133. The summed E-state index contributed by atoms with van der Waals surface area (Å²) in [6.07, 6.45) is 12.6. The zero-order chi connectivity index (χ0) is 12.8. The van der Waals surface area contributed by atoms with E-state index < -0.39 is 0 Å². The van der Waals surface area contributed by atoms with Crippen LogP contribution in [0, 0.1) is 0 Å². The first-order valence-corrected chi connectivity index (χ1v) is 8.34. The van der Waals surface area contributed by atoms with Crippen molar-refractivity contribution in [2.45, 2.75) is 89.8 Å². The van der Waals surface area contributed by atoms with Gasteiger partial charge in [0.15, 0.2) is 0 Å². The molecule has 1 aliphatic heterocycles. The summed E-state index contributed by atoms with van der Waals surface area (Å²) in [5.74, 6) is 0. The quantitative estimate of drug-likeness (QED) is 0.805. The fraction of sp³-hybridized carbons (Fsp3) is 1.00. The molecule has 0 spiro atoms. The van der Waals surface area contributed by atoms with Crippen LogP contribution in [0.2, 0.25) is 0 Å². The van der Waals surface area contributed by atoms with E-state index in [1.807, 2.05) is 0 Å². The topological polar surface area (TPSA) is 15.3 Å². The maximum absolute atomic E-state index is 3.72. The monoisotopic (exact) mass is 252 g/mol. The second-order valence-corrected chi connectivity index (χ2v) is 6.27. The molecule has 0 aromatic carbocycles. The molecule has 0 aromatic rings. The van der Waals surface area contributed by atoms with Crippen LogP contribution in [-0.4, -0.2) is 36.1 Å². The van der Waals surface area contributed by atoms with Crippen molar-refractivity contribution in [2.24, 2.45) is 0 Å². The second kappa shape index (κ2) is 7.49. The molecule has 2 fully saturated rings. The average Bonchev–Trinajstić information content (AvgIpc) is 2.73. The highest BCUT2D eigenvalue weighted by Gasteiger charge is 2.32. The van der Waals surface area contributed by atoms with Crippen molar-refractivity contribution < 1.29 is 0 Å². The molecule has 1 heterocycles. The van der Waals surface area contributed by atoms with Crippen LogP contribution in [0.5, 0.6) is 0 Å². The third kappa shape index (κ3) is 3.71. The summed E-state index contributed by atoms with van der Waals surface area (Å²) in [7, 11) is 0. The Hall–Kier alpha value is -0.0800. The Balaban J connectivity index is 1.85. The van der Waals surface area contributed by atoms with Gasteiger partial charge in [-0.25, -0.2) is 0 Å². The number of nitrogens with zero attached hydrogens (tertiary/aromatic N) is 1. The van der Waals surface area contributed by atoms with Gasteiger partial charge >= 0.3 is 0 Å². The molecule has 0 amide bonds. The van der Waals surface area contributed by atoms with Gasteiger partial charge < -0.3 is 5.32 Å². The summed E-state index contributed by atoms with van der Waals surface area (Å²) < 4.78 is 0. The summed E-state index contributed by atoms with van der Waals surface area (Å²) >= 11 is 0. The molecule has 2 nitrogen and oxygen atoms in total.